The summed E-state index contributed by atoms with van der Waals surface area (Å²) in [6.45, 7) is 11.1. The summed E-state index contributed by atoms with van der Waals surface area (Å²) in [7, 11) is 0. The highest BCUT2D eigenvalue weighted by atomic mass is 16.6. The maximum absolute atomic E-state index is 12.6. The van der Waals surface area contributed by atoms with Gasteiger partial charge in [0.1, 0.15) is 0 Å². The predicted molar refractivity (Wildman–Crippen MR) is 132 cm³/mol. The third-order valence-corrected chi connectivity index (χ3v) is 11.2. The first-order valence-electron chi connectivity index (χ1n) is 14.2. The van der Waals surface area contributed by atoms with E-state index in [9.17, 15) is 14.7 Å². The molecule has 0 heterocycles. The van der Waals surface area contributed by atoms with Crippen LogP contribution in [0, 0.1) is 52.3 Å². The molecule has 0 saturated heterocycles. The number of fused-ring (bicyclic) bond motifs is 5. The van der Waals surface area contributed by atoms with Crippen molar-refractivity contribution in [3.8, 4) is 0 Å². The van der Waals surface area contributed by atoms with Gasteiger partial charge < -0.3 is 14.6 Å². The molecule has 4 fully saturated rings. The molecular formula is C29H48O5. The van der Waals surface area contributed by atoms with Crippen LogP contribution in [0.5, 0.6) is 0 Å². The molecule has 0 aromatic heterocycles. The van der Waals surface area contributed by atoms with E-state index in [2.05, 4.69) is 20.8 Å². The molecule has 1 N–H and O–H groups in total. The molecule has 5 heteroatoms. The third kappa shape index (κ3) is 4.22. The number of carbonyl (C=O) groups excluding carboxylic acids is 2. The minimum Gasteiger partial charge on any atom is -0.465 e. The predicted octanol–water partition coefficient (Wildman–Crippen LogP) is 5.77. The van der Waals surface area contributed by atoms with Crippen LogP contribution in [-0.2, 0) is 19.1 Å². The first-order chi connectivity index (χ1) is 16.2. The zero-order valence-corrected chi connectivity index (χ0v) is 22.2. The normalized spacial score (nSPS) is 42.3. The van der Waals surface area contributed by atoms with Crippen LogP contribution in [-0.4, -0.2) is 36.4 Å². The summed E-state index contributed by atoms with van der Waals surface area (Å²) in [5, 5.41) is 11.7. The molecule has 4 aliphatic rings. The van der Waals surface area contributed by atoms with Crippen LogP contribution in [0.3, 0.4) is 0 Å². The molecule has 0 aromatic rings. The Kier molecular flexibility index (Phi) is 7.72. The molecule has 5 nitrogen and oxygen atoms in total. The van der Waals surface area contributed by atoms with Crippen LogP contribution in [0.15, 0.2) is 0 Å². The van der Waals surface area contributed by atoms with Gasteiger partial charge in [-0.05, 0) is 112 Å². The van der Waals surface area contributed by atoms with Gasteiger partial charge in [-0.3, -0.25) is 9.59 Å². The topological polar surface area (TPSA) is 72.8 Å². The highest BCUT2D eigenvalue weighted by Crippen LogP contribution is 2.68. The molecule has 4 saturated carbocycles. The number of hydrogen-bond donors (Lipinski definition) is 1. The quantitative estimate of drug-likeness (QED) is 0.373. The van der Waals surface area contributed by atoms with Gasteiger partial charge in [-0.1, -0.05) is 33.6 Å². The van der Waals surface area contributed by atoms with E-state index in [0.717, 1.165) is 25.2 Å². The molecule has 0 aliphatic heterocycles. The number of ether oxygens (including phenoxy) is 2. The summed E-state index contributed by atoms with van der Waals surface area (Å²) in [5.74, 6) is 1.35. The van der Waals surface area contributed by atoms with E-state index in [-0.39, 0.29) is 30.7 Å². The number of aliphatic hydroxyl groups is 1. The van der Waals surface area contributed by atoms with Crippen molar-refractivity contribution in [2.45, 2.75) is 105 Å². The Morgan fingerprint density at radius 3 is 2.26 bits per heavy atom. The molecule has 4 rings (SSSR count). The van der Waals surface area contributed by atoms with E-state index in [1.54, 1.807) is 13.8 Å². The van der Waals surface area contributed by atoms with Crippen molar-refractivity contribution < 1.29 is 24.2 Å². The summed E-state index contributed by atoms with van der Waals surface area (Å²) in [4.78, 5) is 25.2. The van der Waals surface area contributed by atoms with Crippen LogP contribution in [0.2, 0.25) is 0 Å². The Hall–Kier alpha value is -1.10. The fourth-order valence-electron chi connectivity index (χ4n) is 9.53. The molecule has 0 amide bonds. The van der Waals surface area contributed by atoms with Crippen molar-refractivity contribution in [2.24, 2.45) is 52.3 Å². The minimum atomic E-state index is -0.873. The van der Waals surface area contributed by atoms with Crippen LogP contribution >= 0.6 is 0 Å². The van der Waals surface area contributed by atoms with Crippen LogP contribution in [0.25, 0.3) is 0 Å². The van der Waals surface area contributed by atoms with Crippen molar-refractivity contribution in [1.29, 1.82) is 0 Å². The third-order valence-electron chi connectivity index (χ3n) is 11.2. The van der Waals surface area contributed by atoms with Gasteiger partial charge in [0.2, 0.25) is 0 Å². The second-order valence-corrected chi connectivity index (χ2v) is 12.5. The van der Waals surface area contributed by atoms with Gasteiger partial charge in [0.25, 0.3) is 0 Å². The fourth-order valence-corrected chi connectivity index (χ4v) is 9.53. The van der Waals surface area contributed by atoms with Crippen molar-refractivity contribution >= 4 is 11.9 Å². The summed E-state index contributed by atoms with van der Waals surface area (Å²) < 4.78 is 10.5. The van der Waals surface area contributed by atoms with E-state index < -0.39 is 17.9 Å². The van der Waals surface area contributed by atoms with Crippen molar-refractivity contribution in [2.75, 3.05) is 13.2 Å². The van der Waals surface area contributed by atoms with Gasteiger partial charge in [-0.15, -0.1) is 0 Å². The maximum Gasteiger partial charge on any atom is 0.320 e. The van der Waals surface area contributed by atoms with E-state index in [4.69, 9.17) is 9.47 Å². The molecule has 4 aliphatic carbocycles. The second kappa shape index (κ2) is 10.1. The number of hydrogen-bond acceptors (Lipinski definition) is 5. The largest absolute Gasteiger partial charge is 0.465 e. The standard InChI is InChI=1S/C29H48O5/c1-6-33-26(31)21(27(32)34-7-2)16-18(3)22-13-14-23-20-12-11-19-10-8-9-15-28(19,4)24(20)17-25(30)29(22,23)5/h18-25,30H,6-17H2,1-5H3/t18-,19+,20?,22?,23?,24?,25+,28+,29-/m1/s1. The zero-order valence-electron chi connectivity index (χ0n) is 22.2. The van der Waals surface area contributed by atoms with Gasteiger partial charge in [0, 0.05) is 0 Å². The molecular weight excluding hydrogens is 428 g/mol. The summed E-state index contributed by atoms with van der Waals surface area (Å²) >= 11 is 0. The number of carbonyl (C=O) groups is 2. The van der Waals surface area contributed by atoms with E-state index in [0.29, 0.717) is 35.5 Å². The van der Waals surface area contributed by atoms with E-state index in [1.165, 1.54) is 38.5 Å². The Labute approximate surface area is 206 Å². The van der Waals surface area contributed by atoms with Crippen molar-refractivity contribution in [3.63, 3.8) is 0 Å². The smallest absolute Gasteiger partial charge is 0.320 e. The summed E-state index contributed by atoms with van der Waals surface area (Å²) in [6, 6.07) is 0. The molecule has 0 aromatic carbocycles. The van der Waals surface area contributed by atoms with Gasteiger partial charge in [0.15, 0.2) is 5.92 Å². The van der Waals surface area contributed by atoms with Crippen molar-refractivity contribution in [1.82, 2.24) is 0 Å². The zero-order chi connectivity index (χ0) is 24.7. The molecule has 4 unspecified atom stereocenters. The molecule has 9 atom stereocenters. The number of esters is 2. The first kappa shape index (κ1) is 26.0. The summed E-state index contributed by atoms with van der Waals surface area (Å²) in [5.41, 5.74) is 0.248. The monoisotopic (exact) mass is 476 g/mol. The van der Waals surface area contributed by atoms with E-state index in [1.807, 2.05) is 0 Å². The Balaban J connectivity index is 1.53. The number of rotatable bonds is 7. The van der Waals surface area contributed by atoms with Gasteiger partial charge in [-0.2, -0.15) is 0 Å². The SMILES string of the molecule is CCOC(=O)C(C[C@@H](C)C1CCC2C3CC[C@@H]4CCCC[C@]4(C)C3C[C@H](O)[C@@]21C)C(=O)OCC. The average Bonchev–Trinajstić information content (AvgIpc) is 3.16. The van der Waals surface area contributed by atoms with Gasteiger partial charge in [0.05, 0.1) is 19.3 Å². The lowest BCUT2D eigenvalue weighted by Gasteiger charge is -2.62. The number of aliphatic hydroxyl groups excluding tert-OH is 1. The molecule has 0 spiro atoms. The van der Waals surface area contributed by atoms with Gasteiger partial charge >= 0.3 is 11.9 Å². The lowest BCUT2D eigenvalue weighted by molar-refractivity contribution is -0.171. The lowest BCUT2D eigenvalue weighted by atomic mass is 9.44. The fraction of sp³-hybridized carbons (Fsp3) is 0.931. The van der Waals surface area contributed by atoms with Crippen LogP contribution in [0.4, 0.5) is 0 Å². The van der Waals surface area contributed by atoms with Gasteiger partial charge in [-0.25, -0.2) is 0 Å². The van der Waals surface area contributed by atoms with Crippen LogP contribution < -0.4 is 0 Å². The minimum absolute atomic E-state index is 0.140. The highest BCUT2D eigenvalue weighted by molar-refractivity contribution is 5.94. The maximum atomic E-state index is 12.6. The van der Waals surface area contributed by atoms with E-state index >= 15 is 0 Å². The molecule has 0 bridgehead atoms. The lowest BCUT2D eigenvalue weighted by Crippen LogP contribution is -2.58. The Morgan fingerprint density at radius 2 is 1.62 bits per heavy atom. The first-order valence-corrected chi connectivity index (χ1v) is 14.2. The average molecular weight is 477 g/mol. The highest BCUT2D eigenvalue weighted by Gasteiger charge is 2.63. The molecule has 0 radical (unpaired) electrons. The summed E-state index contributed by atoms with van der Waals surface area (Å²) in [6.07, 6.45) is 11.4. The molecule has 194 valence electrons. The Bertz CT molecular complexity index is 733. The molecule has 34 heavy (non-hydrogen) atoms. The second-order valence-electron chi connectivity index (χ2n) is 12.5. The Morgan fingerprint density at radius 1 is 0.941 bits per heavy atom. The van der Waals surface area contributed by atoms with Crippen LogP contribution in [0.1, 0.15) is 98.8 Å². The van der Waals surface area contributed by atoms with Crippen molar-refractivity contribution in [3.05, 3.63) is 0 Å².